The lowest BCUT2D eigenvalue weighted by atomic mass is 9.96. The highest BCUT2D eigenvalue weighted by molar-refractivity contribution is 6.31. The van der Waals surface area contributed by atoms with Crippen molar-refractivity contribution in [3.63, 3.8) is 0 Å². The lowest BCUT2D eigenvalue weighted by molar-refractivity contribution is -0.113. The van der Waals surface area contributed by atoms with Gasteiger partial charge in [-0.25, -0.2) is 18.2 Å². The van der Waals surface area contributed by atoms with Crippen LogP contribution in [0.2, 0.25) is 5.02 Å². The molecule has 0 radical (unpaired) electrons. The highest BCUT2D eigenvalue weighted by Crippen LogP contribution is 2.42. The number of pyridine rings is 2. The Labute approximate surface area is 256 Å². The fraction of sp³-hybridized carbons (Fsp3) is 0.438. The molecule has 12 heteroatoms. The van der Waals surface area contributed by atoms with Crippen LogP contribution in [0, 0.1) is 11.7 Å². The number of rotatable bonds is 10. The largest absolute Gasteiger partial charge is 0.326 e. The first kappa shape index (κ1) is 29.0. The van der Waals surface area contributed by atoms with Crippen LogP contribution in [0.5, 0.6) is 0 Å². The summed E-state index contributed by atoms with van der Waals surface area (Å²) in [7, 11) is 0. The average molecular weight is 626 g/mol. The summed E-state index contributed by atoms with van der Waals surface area (Å²) >= 11 is 6.09. The van der Waals surface area contributed by atoms with Crippen LogP contribution in [0.1, 0.15) is 82.5 Å². The van der Waals surface area contributed by atoms with Crippen molar-refractivity contribution >= 4 is 29.2 Å². The van der Waals surface area contributed by atoms with Gasteiger partial charge in [-0.05, 0) is 92.4 Å². The molecule has 230 valence electrons. The first-order valence-electron chi connectivity index (χ1n) is 15.0. The fourth-order valence-corrected chi connectivity index (χ4v) is 5.89. The maximum Gasteiger partial charge on any atom is 0.282 e. The highest BCUT2D eigenvalue weighted by atomic mass is 35.5. The van der Waals surface area contributed by atoms with E-state index in [1.165, 1.54) is 25.0 Å². The van der Waals surface area contributed by atoms with Gasteiger partial charge in [-0.2, -0.15) is 0 Å². The van der Waals surface area contributed by atoms with Crippen LogP contribution in [0.4, 0.5) is 19.0 Å². The number of amides is 2. The number of hydrogen-bond acceptors (Lipinski definition) is 5. The van der Waals surface area contributed by atoms with Crippen molar-refractivity contribution in [3.05, 3.63) is 80.1 Å². The van der Waals surface area contributed by atoms with Gasteiger partial charge >= 0.3 is 0 Å². The molecule has 0 atom stereocenters. The minimum Gasteiger partial charge on any atom is -0.326 e. The number of benzene rings is 1. The van der Waals surface area contributed by atoms with Gasteiger partial charge in [0.15, 0.2) is 0 Å². The minimum atomic E-state index is -3.00. The predicted octanol–water partition coefficient (Wildman–Crippen LogP) is 5.76. The minimum absolute atomic E-state index is 0.0185. The van der Waals surface area contributed by atoms with E-state index in [0.29, 0.717) is 18.2 Å². The molecule has 2 amide bonds. The van der Waals surface area contributed by atoms with Gasteiger partial charge in [0, 0.05) is 41.0 Å². The Balaban J connectivity index is 1.22. The van der Waals surface area contributed by atoms with Crippen LogP contribution in [0.15, 0.2) is 41.3 Å². The summed E-state index contributed by atoms with van der Waals surface area (Å²) in [5, 5.41) is 6.09. The van der Waals surface area contributed by atoms with Crippen molar-refractivity contribution in [2.45, 2.75) is 63.0 Å². The number of anilines is 1. The van der Waals surface area contributed by atoms with Crippen LogP contribution >= 0.6 is 11.6 Å². The molecule has 0 bridgehead atoms. The van der Waals surface area contributed by atoms with E-state index < -0.39 is 42.2 Å². The highest BCUT2D eigenvalue weighted by Gasteiger charge is 2.47. The molecule has 44 heavy (non-hydrogen) atoms. The summed E-state index contributed by atoms with van der Waals surface area (Å²) < 4.78 is 44.3. The van der Waals surface area contributed by atoms with Crippen molar-refractivity contribution in [3.8, 4) is 11.1 Å². The molecule has 1 aliphatic heterocycles. The molecule has 1 saturated heterocycles. The second-order valence-electron chi connectivity index (χ2n) is 12.5. The smallest absolute Gasteiger partial charge is 0.282 e. The van der Waals surface area contributed by atoms with Gasteiger partial charge in [0.1, 0.15) is 17.2 Å². The topological polar surface area (TPSA) is 96.3 Å². The number of alkyl halides is 2. The zero-order valence-electron chi connectivity index (χ0n) is 23.8. The number of nitrogens with one attached hydrogen (secondary N) is 2. The molecule has 2 N–H and O–H groups in total. The standard InChI is InChI=1S/C32H31ClF3N5O3/c33-21-10-23(30(43)40-15-32(35,36)16-40)28(25(34)11-21)20-8-26(19-3-4-19)38-27(9-20)39-29(42)24-7-18(13-37-12-17-1-2-17)14-41(31(24)44)22-5-6-22/h7-11,14,17,19,22,37H,1-6,12-13,15-16H2,(H,38,39,42). The third-order valence-electron chi connectivity index (χ3n) is 8.53. The van der Waals surface area contributed by atoms with Crippen LogP contribution in [-0.2, 0) is 6.54 Å². The quantitative estimate of drug-likeness (QED) is 0.299. The lowest BCUT2D eigenvalue weighted by Crippen LogP contribution is -2.58. The van der Waals surface area contributed by atoms with Gasteiger partial charge in [-0.15, -0.1) is 0 Å². The normalized spacial score (nSPS) is 19.0. The monoisotopic (exact) mass is 625 g/mol. The predicted molar refractivity (Wildman–Crippen MR) is 159 cm³/mol. The summed E-state index contributed by atoms with van der Waals surface area (Å²) in [4.78, 5) is 45.7. The number of aromatic nitrogens is 2. The fourth-order valence-electron chi connectivity index (χ4n) is 5.68. The number of carbonyl (C=O) groups is 2. The average Bonchev–Trinajstić information content (AvgIpc) is 3.79. The molecule has 1 aromatic carbocycles. The van der Waals surface area contributed by atoms with Crippen molar-refractivity contribution in [1.29, 1.82) is 0 Å². The zero-order valence-corrected chi connectivity index (χ0v) is 24.6. The maximum absolute atomic E-state index is 15.5. The molecular weight excluding hydrogens is 595 g/mol. The van der Waals surface area contributed by atoms with Crippen LogP contribution in [0.25, 0.3) is 11.1 Å². The second kappa shape index (κ2) is 11.0. The van der Waals surface area contributed by atoms with E-state index >= 15 is 4.39 Å². The van der Waals surface area contributed by atoms with Crippen LogP contribution in [-0.4, -0.2) is 51.8 Å². The summed E-state index contributed by atoms with van der Waals surface area (Å²) in [6.07, 6.45) is 7.68. The van der Waals surface area contributed by atoms with E-state index in [-0.39, 0.29) is 45.1 Å². The van der Waals surface area contributed by atoms with Crippen molar-refractivity contribution < 1.29 is 22.8 Å². The third kappa shape index (κ3) is 6.12. The van der Waals surface area contributed by atoms with Crippen LogP contribution in [0.3, 0.4) is 0 Å². The van der Waals surface area contributed by atoms with E-state index in [9.17, 15) is 23.2 Å². The van der Waals surface area contributed by atoms with Crippen molar-refractivity contribution in [2.75, 3.05) is 25.0 Å². The van der Waals surface area contributed by atoms with E-state index in [1.807, 2.05) is 6.20 Å². The van der Waals surface area contributed by atoms with Gasteiger partial charge in [-0.1, -0.05) is 11.6 Å². The van der Waals surface area contributed by atoms with E-state index in [1.54, 1.807) is 16.7 Å². The molecule has 0 unspecified atom stereocenters. The van der Waals surface area contributed by atoms with E-state index in [2.05, 4.69) is 15.6 Å². The number of carbonyl (C=O) groups excluding carboxylic acids is 2. The van der Waals surface area contributed by atoms with Crippen LogP contribution < -0.4 is 16.2 Å². The van der Waals surface area contributed by atoms with Crippen molar-refractivity contribution in [2.24, 2.45) is 5.92 Å². The second-order valence-corrected chi connectivity index (χ2v) is 12.9. The Bertz CT molecular complexity index is 1720. The maximum atomic E-state index is 15.5. The van der Waals surface area contributed by atoms with E-state index in [0.717, 1.165) is 48.8 Å². The summed E-state index contributed by atoms with van der Waals surface area (Å²) in [5.74, 6) is -4.36. The molecule has 2 aromatic heterocycles. The molecule has 4 aliphatic rings. The van der Waals surface area contributed by atoms with Gasteiger partial charge in [0.2, 0.25) is 0 Å². The SMILES string of the molecule is O=C(Nc1cc(-c2c(F)cc(Cl)cc2C(=O)N2CC(F)(F)C2)cc(C2CC2)n1)c1cc(CNCC2CC2)cn(C2CC2)c1=O. The summed E-state index contributed by atoms with van der Waals surface area (Å²) in [6, 6.07) is 7.05. The first-order valence-corrected chi connectivity index (χ1v) is 15.4. The zero-order chi connectivity index (χ0) is 30.7. The molecule has 3 saturated carbocycles. The number of halogens is 4. The molecule has 4 fully saturated rings. The molecule has 8 nitrogen and oxygen atoms in total. The Morgan fingerprint density at radius 2 is 1.75 bits per heavy atom. The number of hydrogen-bond donors (Lipinski definition) is 2. The Morgan fingerprint density at radius 3 is 2.41 bits per heavy atom. The van der Waals surface area contributed by atoms with Gasteiger partial charge in [-0.3, -0.25) is 14.4 Å². The van der Waals surface area contributed by atoms with Crippen molar-refractivity contribution in [1.82, 2.24) is 19.8 Å². The molecule has 0 spiro atoms. The lowest BCUT2D eigenvalue weighted by Gasteiger charge is -2.39. The summed E-state index contributed by atoms with van der Waals surface area (Å²) in [5.41, 5.74) is 0.978. The molecule has 3 aromatic rings. The van der Waals surface area contributed by atoms with Gasteiger partial charge < -0.3 is 20.1 Å². The molecule has 3 aliphatic carbocycles. The summed E-state index contributed by atoms with van der Waals surface area (Å²) in [6.45, 7) is -0.120. The first-order chi connectivity index (χ1) is 21.0. The third-order valence-corrected chi connectivity index (χ3v) is 8.75. The Kier molecular flexibility index (Phi) is 7.28. The number of likely N-dealkylation sites (tertiary alicyclic amines) is 1. The van der Waals surface area contributed by atoms with E-state index in [4.69, 9.17) is 11.6 Å². The number of nitrogens with zero attached hydrogens (tertiary/aromatic N) is 3. The molecule has 3 heterocycles. The Hall–Kier alpha value is -3.70. The van der Waals surface area contributed by atoms with Gasteiger partial charge in [0.05, 0.1) is 18.7 Å². The van der Waals surface area contributed by atoms with Gasteiger partial charge in [0.25, 0.3) is 23.3 Å². The molecular formula is C32H31ClF3N5O3. The molecule has 7 rings (SSSR count). The Morgan fingerprint density at radius 1 is 1.00 bits per heavy atom.